The van der Waals surface area contributed by atoms with E-state index in [4.69, 9.17) is 0 Å². The predicted molar refractivity (Wildman–Crippen MR) is 124 cm³/mol. The summed E-state index contributed by atoms with van der Waals surface area (Å²) >= 11 is 0. The second kappa shape index (κ2) is 38.3. The summed E-state index contributed by atoms with van der Waals surface area (Å²) in [6.45, 7) is 4.41. The van der Waals surface area contributed by atoms with Crippen molar-refractivity contribution in [2.75, 3.05) is 0 Å². The van der Waals surface area contributed by atoms with Gasteiger partial charge in [-0.1, -0.05) is 90.9 Å². The van der Waals surface area contributed by atoms with Crippen molar-refractivity contribution in [2.24, 2.45) is 0 Å². The van der Waals surface area contributed by atoms with Crippen LogP contribution in [0.25, 0.3) is 0 Å². The molecule has 0 atom stereocenters. The fourth-order valence-electron chi connectivity index (χ4n) is 2.95. The van der Waals surface area contributed by atoms with Gasteiger partial charge < -0.3 is 23.1 Å². The maximum atomic E-state index is 10.9. The number of ketones is 2. The first-order valence-electron chi connectivity index (χ1n) is 11.5. The van der Waals surface area contributed by atoms with E-state index < -0.39 is 0 Å². The van der Waals surface area contributed by atoms with Crippen molar-refractivity contribution in [3.05, 3.63) is 0 Å². The second-order valence-corrected chi connectivity index (χ2v) is 7.56. The Balaban J connectivity index is -0.000000133. The summed E-state index contributed by atoms with van der Waals surface area (Å²) in [6, 6.07) is 0. The van der Waals surface area contributed by atoms with Crippen LogP contribution in [0.4, 0.5) is 0 Å². The molecule has 0 aromatic heterocycles. The Labute approximate surface area is 243 Å². The molecule has 0 aromatic carbocycles. The van der Waals surface area contributed by atoms with Crippen molar-refractivity contribution >= 4 is 37.6 Å². The molecule has 0 amide bonds. The monoisotopic (exact) mass is 474 g/mol. The summed E-state index contributed by atoms with van der Waals surface area (Å²) in [6.07, 6.45) is 19.8. The first-order chi connectivity index (χ1) is 13.6. The summed E-state index contributed by atoms with van der Waals surface area (Å²) in [5, 5.41) is 0. The van der Waals surface area contributed by atoms with Gasteiger partial charge in [-0.2, -0.15) is 0 Å². The normalized spacial score (nSPS) is 9.10. The average Bonchev–Trinajstić information content (AvgIpc) is 2.67. The molecule has 4 nitrogen and oxygen atoms in total. The molecule has 0 saturated heterocycles. The van der Waals surface area contributed by atoms with Crippen molar-refractivity contribution in [1.82, 2.24) is 0 Å². The van der Waals surface area contributed by atoms with Crippen molar-refractivity contribution in [3.8, 4) is 0 Å². The smallest absolute Gasteiger partial charge is 1.00 e. The van der Waals surface area contributed by atoms with E-state index in [-0.39, 0.29) is 97.0 Å². The SMILES string of the molecule is CCCCCCCCCC(=O)CC=O.CCCCCCCCCC(=O)CC=O.[Na+].[Na+].[S-2]. The molecule has 0 saturated carbocycles. The molecule has 0 unspecified atom stereocenters. The van der Waals surface area contributed by atoms with E-state index in [1.807, 2.05) is 0 Å². The fourth-order valence-corrected chi connectivity index (χ4v) is 2.95. The zero-order valence-corrected chi connectivity index (χ0v) is 25.7. The van der Waals surface area contributed by atoms with Gasteiger partial charge in [0.15, 0.2) is 0 Å². The van der Waals surface area contributed by atoms with Crippen LogP contribution in [0, 0.1) is 0 Å². The minimum absolute atomic E-state index is 0. The minimum Gasteiger partial charge on any atom is -2.00 e. The van der Waals surface area contributed by atoms with Crippen LogP contribution in [0.3, 0.4) is 0 Å². The molecule has 0 spiro atoms. The molecule has 0 radical (unpaired) electrons. The van der Waals surface area contributed by atoms with Crippen LogP contribution in [0.2, 0.25) is 0 Å². The molecule has 172 valence electrons. The molecule has 7 heteroatoms. The quantitative estimate of drug-likeness (QED) is 0.112. The van der Waals surface area contributed by atoms with E-state index >= 15 is 0 Å². The summed E-state index contributed by atoms with van der Waals surface area (Å²) in [7, 11) is 0. The van der Waals surface area contributed by atoms with Gasteiger partial charge in [0.05, 0.1) is 12.8 Å². The third kappa shape index (κ3) is 41.7. The third-order valence-electron chi connectivity index (χ3n) is 4.74. The van der Waals surface area contributed by atoms with Gasteiger partial charge in [0.1, 0.15) is 24.1 Å². The first kappa shape index (κ1) is 42.2. The van der Waals surface area contributed by atoms with Crippen molar-refractivity contribution in [2.45, 2.75) is 129 Å². The Morgan fingerprint density at radius 3 is 1.03 bits per heavy atom. The molecule has 0 aliphatic heterocycles. The molecule has 31 heavy (non-hydrogen) atoms. The van der Waals surface area contributed by atoms with Gasteiger partial charge in [-0.05, 0) is 12.8 Å². The summed E-state index contributed by atoms with van der Waals surface area (Å²) in [5.74, 6) is 0.183. The maximum Gasteiger partial charge on any atom is 1.00 e. The van der Waals surface area contributed by atoms with E-state index in [1.54, 1.807) is 0 Å². The number of Topliss-reactive ketones (excluding diaryl/α,β-unsaturated/α-hetero) is 2. The Kier molecular flexibility index (Phi) is 52.2. The third-order valence-corrected chi connectivity index (χ3v) is 4.74. The van der Waals surface area contributed by atoms with E-state index in [2.05, 4.69) is 13.8 Å². The molecule has 0 aliphatic rings. The van der Waals surface area contributed by atoms with Gasteiger partial charge in [0.25, 0.3) is 0 Å². The van der Waals surface area contributed by atoms with Crippen molar-refractivity contribution < 1.29 is 78.3 Å². The molecule has 0 fully saturated rings. The maximum absolute atomic E-state index is 10.9. The van der Waals surface area contributed by atoms with E-state index in [0.29, 0.717) is 25.4 Å². The number of aldehydes is 2. The molecular weight excluding hydrogens is 430 g/mol. The summed E-state index contributed by atoms with van der Waals surface area (Å²) in [5.41, 5.74) is 0. The number of carbonyl (C=O) groups is 4. The Hall–Kier alpha value is 1.03. The van der Waals surface area contributed by atoms with E-state index in [0.717, 1.165) is 25.7 Å². The van der Waals surface area contributed by atoms with Gasteiger partial charge in [0, 0.05) is 12.8 Å². The van der Waals surface area contributed by atoms with Crippen molar-refractivity contribution in [3.63, 3.8) is 0 Å². The van der Waals surface area contributed by atoms with E-state index in [1.165, 1.54) is 64.2 Å². The van der Waals surface area contributed by atoms with Gasteiger partial charge in [-0.25, -0.2) is 0 Å². The van der Waals surface area contributed by atoms with Gasteiger partial charge >= 0.3 is 59.1 Å². The standard InChI is InChI=1S/2C12H22O2.2Na.S/c2*1-2-3-4-5-6-7-8-9-12(14)10-11-13;;;/h2*11H,2-10H2,1H3;;;/q;;2*+1;-2. The van der Waals surface area contributed by atoms with Crippen LogP contribution in [0.15, 0.2) is 0 Å². The fraction of sp³-hybridized carbons (Fsp3) is 0.833. The van der Waals surface area contributed by atoms with Crippen LogP contribution in [-0.2, 0) is 32.7 Å². The summed E-state index contributed by atoms with van der Waals surface area (Å²) in [4.78, 5) is 41.9. The number of rotatable bonds is 20. The molecular formula is C24H44Na2O4S. The average molecular weight is 475 g/mol. The van der Waals surface area contributed by atoms with Gasteiger partial charge in [-0.15, -0.1) is 0 Å². The van der Waals surface area contributed by atoms with Crippen LogP contribution in [0.1, 0.15) is 129 Å². The Bertz CT molecular complexity index is 358. The van der Waals surface area contributed by atoms with Crippen LogP contribution in [0.5, 0.6) is 0 Å². The number of hydrogen-bond acceptors (Lipinski definition) is 4. The predicted octanol–water partition coefficient (Wildman–Crippen LogP) is 0.576. The number of hydrogen-bond donors (Lipinski definition) is 0. The van der Waals surface area contributed by atoms with Crippen molar-refractivity contribution in [1.29, 1.82) is 0 Å². The first-order valence-corrected chi connectivity index (χ1v) is 11.5. The topological polar surface area (TPSA) is 68.3 Å². The Morgan fingerprint density at radius 1 is 0.516 bits per heavy atom. The van der Waals surface area contributed by atoms with Gasteiger partial charge in [0.2, 0.25) is 0 Å². The largest absolute Gasteiger partial charge is 2.00 e. The van der Waals surface area contributed by atoms with E-state index in [9.17, 15) is 19.2 Å². The second-order valence-electron chi connectivity index (χ2n) is 7.56. The molecule has 0 aliphatic carbocycles. The zero-order chi connectivity index (χ0) is 21.3. The number of carbonyl (C=O) groups excluding carboxylic acids is 4. The Morgan fingerprint density at radius 2 is 0.774 bits per heavy atom. The molecule has 0 rings (SSSR count). The zero-order valence-electron chi connectivity index (χ0n) is 20.9. The molecule has 0 heterocycles. The number of unbranched alkanes of at least 4 members (excludes halogenated alkanes) is 12. The molecule has 0 aromatic rings. The van der Waals surface area contributed by atoms with Crippen LogP contribution < -0.4 is 59.1 Å². The summed E-state index contributed by atoms with van der Waals surface area (Å²) < 4.78 is 0. The van der Waals surface area contributed by atoms with Crippen LogP contribution in [-0.4, -0.2) is 24.1 Å². The minimum atomic E-state index is 0. The molecule has 0 bridgehead atoms. The molecule has 0 N–H and O–H groups in total. The van der Waals surface area contributed by atoms with Crippen LogP contribution >= 0.6 is 0 Å². The van der Waals surface area contributed by atoms with Gasteiger partial charge in [-0.3, -0.25) is 9.59 Å².